The lowest BCUT2D eigenvalue weighted by molar-refractivity contribution is -0.0292. The Labute approximate surface area is 176 Å². The second-order valence-electron chi connectivity index (χ2n) is 8.53. The van der Waals surface area contributed by atoms with Gasteiger partial charge in [0.1, 0.15) is 5.67 Å². The van der Waals surface area contributed by atoms with Gasteiger partial charge >= 0.3 is 0 Å². The van der Waals surface area contributed by atoms with E-state index in [1.165, 1.54) is 0 Å². The molecule has 7 heteroatoms. The molecule has 2 N–H and O–H groups in total. The quantitative estimate of drug-likeness (QED) is 0.520. The summed E-state index contributed by atoms with van der Waals surface area (Å²) in [4.78, 5) is 19.4. The van der Waals surface area contributed by atoms with Crippen molar-refractivity contribution in [3.63, 3.8) is 0 Å². The van der Waals surface area contributed by atoms with E-state index in [0.29, 0.717) is 53.1 Å². The van der Waals surface area contributed by atoms with Gasteiger partial charge in [-0.05, 0) is 51.3 Å². The summed E-state index contributed by atoms with van der Waals surface area (Å²) in [5.74, 6) is -0.157. The number of fused-ring (bicyclic) bond motifs is 1. The molecule has 1 aliphatic rings. The second kappa shape index (κ2) is 8.54. The lowest BCUT2D eigenvalue weighted by Crippen LogP contribution is -2.47. The van der Waals surface area contributed by atoms with Crippen LogP contribution in [0.15, 0.2) is 24.4 Å². The van der Waals surface area contributed by atoms with Crippen LogP contribution in [-0.2, 0) is 4.74 Å². The van der Waals surface area contributed by atoms with Crippen LogP contribution in [-0.4, -0.2) is 53.7 Å². The molecule has 1 aliphatic heterocycles. The minimum atomic E-state index is -1.33. The van der Waals surface area contributed by atoms with Gasteiger partial charge in [-0.15, -0.1) is 0 Å². The number of anilines is 1. The third-order valence-electron chi connectivity index (χ3n) is 5.89. The molecule has 3 rings (SSSR count). The molecule has 29 heavy (non-hydrogen) atoms. The number of benzene rings is 1. The van der Waals surface area contributed by atoms with E-state index >= 15 is 4.39 Å². The van der Waals surface area contributed by atoms with Crippen LogP contribution in [0.2, 0.25) is 5.02 Å². The first-order valence-corrected chi connectivity index (χ1v) is 10.3. The zero-order valence-corrected chi connectivity index (χ0v) is 18.1. The molecule has 5 nitrogen and oxygen atoms in total. The Morgan fingerprint density at radius 2 is 2.10 bits per heavy atom. The molecule has 0 bridgehead atoms. The van der Waals surface area contributed by atoms with Gasteiger partial charge in [0.05, 0.1) is 21.8 Å². The molecule has 1 fully saturated rings. The van der Waals surface area contributed by atoms with Crippen LogP contribution in [0, 0.1) is 0 Å². The summed E-state index contributed by atoms with van der Waals surface area (Å²) in [6.45, 7) is 6.14. The van der Waals surface area contributed by atoms with E-state index in [1.54, 1.807) is 31.5 Å². The first-order chi connectivity index (χ1) is 13.6. The number of pyridine rings is 1. The van der Waals surface area contributed by atoms with Gasteiger partial charge in [0.15, 0.2) is 5.78 Å². The molecule has 0 radical (unpaired) electrons. The van der Waals surface area contributed by atoms with Crippen molar-refractivity contribution in [3.8, 4) is 0 Å². The zero-order chi connectivity index (χ0) is 21.2. The number of hydrogen-bond donors (Lipinski definition) is 1. The topological polar surface area (TPSA) is 68.5 Å². The summed E-state index contributed by atoms with van der Waals surface area (Å²) in [5, 5.41) is 0.963. The van der Waals surface area contributed by atoms with Gasteiger partial charge < -0.3 is 15.4 Å². The third-order valence-corrected chi connectivity index (χ3v) is 6.20. The highest BCUT2D eigenvalue weighted by atomic mass is 35.5. The Morgan fingerprint density at radius 3 is 2.76 bits per heavy atom. The predicted octanol–water partition coefficient (Wildman–Crippen LogP) is 4.66. The van der Waals surface area contributed by atoms with Crippen molar-refractivity contribution in [2.24, 2.45) is 0 Å². The van der Waals surface area contributed by atoms with E-state index in [1.807, 2.05) is 13.8 Å². The smallest absolute Gasteiger partial charge is 0.165 e. The summed E-state index contributed by atoms with van der Waals surface area (Å²) < 4.78 is 20.8. The molecule has 0 spiro atoms. The maximum atomic E-state index is 15.3. The molecule has 0 amide bonds. The van der Waals surface area contributed by atoms with Gasteiger partial charge in [-0.25, -0.2) is 4.39 Å². The average molecular weight is 422 g/mol. The van der Waals surface area contributed by atoms with Gasteiger partial charge in [0.2, 0.25) is 0 Å². The fourth-order valence-corrected chi connectivity index (χ4v) is 4.10. The van der Waals surface area contributed by atoms with Gasteiger partial charge in [0, 0.05) is 50.3 Å². The number of nitrogens with two attached hydrogens (primary N) is 1. The van der Waals surface area contributed by atoms with Crippen LogP contribution < -0.4 is 5.73 Å². The van der Waals surface area contributed by atoms with E-state index < -0.39 is 5.67 Å². The molecule has 158 valence electrons. The molecule has 2 heterocycles. The Kier molecular flexibility index (Phi) is 6.46. The Balaban J connectivity index is 1.65. The number of halogens is 2. The number of Topliss-reactive ketones (excluding diaryl/α,β-unsaturated/α-hetero) is 1. The maximum absolute atomic E-state index is 15.3. The SMILES string of the molecule is COC(C)(C)CN1CCC(F)(CCC(=O)c2cc(Cl)c(N)c3cccnc23)CC1. The second-order valence-corrected chi connectivity index (χ2v) is 8.94. The van der Waals surface area contributed by atoms with Crippen molar-refractivity contribution in [1.29, 1.82) is 0 Å². The van der Waals surface area contributed by atoms with Crippen molar-refractivity contribution < 1.29 is 13.9 Å². The Bertz CT molecular complexity index is 895. The highest BCUT2D eigenvalue weighted by Crippen LogP contribution is 2.34. The van der Waals surface area contributed by atoms with Gasteiger partial charge in [-0.1, -0.05) is 11.6 Å². The first kappa shape index (κ1) is 21.9. The number of piperidine rings is 1. The van der Waals surface area contributed by atoms with E-state index in [2.05, 4.69) is 9.88 Å². The molecule has 0 unspecified atom stereocenters. The average Bonchev–Trinajstić information content (AvgIpc) is 2.71. The van der Waals surface area contributed by atoms with Crippen LogP contribution in [0.3, 0.4) is 0 Å². The van der Waals surface area contributed by atoms with E-state index in [9.17, 15) is 4.79 Å². The fraction of sp³-hybridized carbons (Fsp3) is 0.545. The first-order valence-electron chi connectivity index (χ1n) is 9.96. The summed E-state index contributed by atoms with van der Waals surface area (Å²) in [6.07, 6.45) is 2.76. The number of alkyl halides is 1. The molecule has 2 aromatic rings. The zero-order valence-electron chi connectivity index (χ0n) is 17.3. The maximum Gasteiger partial charge on any atom is 0.165 e. The van der Waals surface area contributed by atoms with Crippen molar-refractivity contribution in [2.75, 3.05) is 32.5 Å². The minimum absolute atomic E-state index is 0.117. The Morgan fingerprint density at radius 1 is 1.41 bits per heavy atom. The number of nitrogen functional groups attached to an aromatic ring is 1. The number of ether oxygens (including phenoxy) is 1. The van der Waals surface area contributed by atoms with Crippen LogP contribution in [0.5, 0.6) is 0 Å². The van der Waals surface area contributed by atoms with Gasteiger partial charge in [-0.3, -0.25) is 9.78 Å². The highest BCUT2D eigenvalue weighted by molar-refractivity contribution is 6.35. The lowest BCUT2D eigenvalue weighted by Gasteiger charge is -2.39. The van der Waals surface area contributed by atoms with Crippen LogP contribution >= 0.6 is 11.6 Å². The van der Waals surface area contributed by atoms with Crippen molar-refractivity contribution in [1.82, 2.24) is 9.88 Å². The number of rotatable bonds is 7. The summed E-state index contributed by atoms with van der Waals surface area (Å²) in [6, 6.07) is 5.08. The molecule has 0 atom stereocenters. The number of hydrogen-bond acceptors (Lipinski definition) is 5. The number of likely N-dealkylation sites (tertiary alicyclic amines) is 1. The predicted molar refractivity (Wildman–Crippen MR) is 115 cm³/mol. The monoisotopic (exact) mass is 421 g/mol. The number of nitrogens with zero attached hydrogens (tertiary/aromatic N) is 2. The summed E-state index contributed by atoms with van der Waals surface area (Å²) >= 11 is 6.20. The molecule has 1 saturated heterocycles. The lowest BCUT2D eigenvalue weighted by atomic mass is 9.86. The highest BCUT2D eigenvalue weighted by Gasteiger charge is 2.36. The molecular formula is C22H29ClFN3O2. The molecule has 1 aromatic heterocycles. The van der Waals surface area contributed by atoms with Gasteiger partial charge in [-0.2, -0.15) is 0 Å². The number of ketones is 1. The standard InChI is InChI=1S/C22H29ClFN3O2/c1-21(2,29-3)14-27-11-8-22(24,9-12-27)7-6-18(28)16-13-17(23)19(25)15-5-4-10-26-20(15)16/h4-5,10,13H,6-9,11-12,14,25H2,1-3H3. The van der Waals surface area contributed by atoms with Gasteiger partial charge in [0.25, 0.3) is 0 Å². The van der Waals surface area contributed by atoms with Crippen LogP contribution in [0.4, 0.5) is 10.1 Å². The van der Waals surface area contributed by atoms with E-state index in [-0.39, 0.29) is 24.2 Å². The number of aromatic nitrogens is 1. The normalized spacial score (nSPS) is 17.6. The fourth-order valence-electron chi connectivity index (χ4n) is 3.89. The van der Waals surface area contributed by atoms with Crippen molar-refractivity contribution in [2.45, 2.75) is 50.8 Å². The van der Waals surface area contributed by atoms with Crippen molar-refractivity contribution >= 4 is 34.0 Å². The molecule has 1 aromatic carbocycles. The van der Waals surface area contributed by atoms with E-state index in [0.717, 1.165) is 6.54 Å². The minimum Gasteiger partial charge on any atom is -0.397 e. The van der Waals surface area contributed by atoms with Crippen molar-refractivity contribution in [3.05, 3.63) is 35.0 Å². The largest absolute Gasteiger partial charge is 0.397 e. The van der Waals surface area contributed by atoms with Crippen LogP contribution in [0.1, 0.15) is 49.9 Å². The number of carbonyl (C=O) groups is 1. The number of methoxy groups -OCH3 is 1. The molecular weight excluding hydrogens is 393 g/mol. The third kappa shape index (κ3) is 5.05. The van der Waals surface area contributed by atoms with E-state index in [4.69, 9.17) is 22.1 Å². The molecule has 0 saturated carbocycles. The molecule has 0 aliphatic carbocycles. The van der Waals surface area contributed by atoms with Crippen LogP contribution in [0.25, 0.3) is 10.9 Å². The summed E-state index contributed by atoms with van der Waals surface area (Å²) in [5.41, 5.74) is 5.75. The number of carbonyl (C=O) groups excluding carboxylic acids is 1. The Hall–Kier alpha value is -1.76. The summed E-state index contributed by atoms with van der Waals surface area (Å²) in [7, 11) is 1.69.